The summed E-state index contributed by atoms with van der Waals surface area (Å²) in [6.45, 7) is -0.390. The van der Waals surface area contributed by atoms with Gasteiger partial charge < -0.3 is 24.8 Å². The second kappa shape index (κ2) is 6.44. The van der Waals surface area contributed by atoms with Crippen LogP contribution in [0.25, 0.3) is 11.0 Å². The number of ether oxygens (including phenoxy) is 1. The quantitative estimate of drug-likeness (QED) is 0.683. The highest BCUT2D eigenvalue weighted by Gasteiger charge is 2.22. The van der Waals surface area contributed by atoms with Crippen molar-refractivity contribution >= 4 is 22.9 Å². The minimum Gasteiger partial charge on any atom is -0.505 e. The second-order valence-corrected chi connectivity index (χ2v) is 4.81. The van der Waals surface area contributed by atoms with Gasteiger partial charge in [0.2, 0.25) is 0 Å². The van der Waals surface area contributed by atoms with Crippen LogP contribution >= 0.6 is 0 Å². The molecule has 0 aromatic carbocycles. The van der Waals surface area contributed by atoms with E-state index in [2.05, 4.69) is 4.98 Å². The van der Waals surface area contributed by atoms with Crippen molar-refractivity contribution in [3.63, 3.8) is 0 Å². The summed E-state index contributed by atoms with van der Waals surface area (Å²) in [6, 6.07) is 1.62. The molecular weight excluding hydrogens is 306 g/mol. The summed E-state index contributed by atoms with van der Waals surface area (Å²) >= 11 is 0. The van der Waals surface area contributed by atoms with Crippen molar-refractivity contribution in [2.24, 2.45) is 7.05 Å². The number of amides is 1. The van der Waals surface area contributed by atoms with Crippen molar-refractivity contribution in [1.82, 2.24) is 14.9 Å². The average Bonchev–Trinajstić information content (AvgIpc) is 2.51. The molecule has 0 fully saturated rings. The van der Waals surface area contributed by atoms with Crippen LogP contribution in [0.3, 0.4) is 0 Å². The van der Waals surface area contributed by atoms with Gasteiger partial charge in [0, 0.05) is 20.4 Å². The van der Waals surface area contributed by atoms with Crippen LogP contribution in [-0.4, -0.2) is 45.3 Å². The Morgan fingerprint density at radius 2 is 2.13 bits per heavy atom. The predicted octanol–water partition coefficient (Wildman–Crippen LogP) is -0.400. The van der Waals surface area contributed by atoms with Crippen molar-refractivity contribution in [1.29, 1.82) is 0 Å². The molecule has 9 nitrogen and oxygen atoms in total. The Morgan fingerprint density at radius 3 is 2.74 bits per heavy atom. The Morgan fingerprint density at radius 1 is 1.43 bits per heavy atom. The number of nitrogens with one attached hydrogen (secondary N) is 1. The van der Waals surface area contributed by atoms with E-state index in [0.717, 1.165) is 4.57 Å². The van der Waals surface area contributed by atoms with Gasteiger partial charge in [-0.3, -0.25) is 19.4 Å². The van der Waals surface area contributed by atoms with Gasteiger partial charge in [-0.2, -0.15) is 0 Å². The molecule has 0 aliphatic heterocycles. The van der Waals surface area contributed by atoms with Gasteiger partial charge in [-0.15, -0.1) is 0 Å². The number of hydrogen-bond donors (Lipinski definition) is 3. The van der Waals surface area contributed by atoms with E-state index in [0.29, 0.717) is 11.1 Å². The molecule has 0 bridgehead atoms. The number of aliphatic carboxylic acids is 1. The van der Waals surface area contributed by atoms with Crippen LogP contribution in [0.1, 0.15) is 15.9 Å². The van der Waals surface area contributed by atoms with E-state index in [9.17, 15) is 19.5 Å². The number of aromatic nitrogens is 2. The maximum Gasteiger partial charge on any atom is 0.322 e. The molecule has 3 N–H and O–H groups in total. The zero-order chi connectivity index (χ0) is 17.1. The normalized spacial score (nSPS) is 10.7. The van der Waals surface area contributed by atoms with Crippen LogP contribution in [-0.2, 0) is 23.2 Å². The zero-order valence-corrected chi connectivity index (χ0v) is 12.5. The number of carbonyl (C=O) groups is 2. The topological polar surface area (TPSA) is 131 Å². The van der Waals surface area contributed by atoms with Crippen molar-refractivity contribution in [2.75, 3.05) is 13.7 Å². The SMILES string of the molecule is COCc1cnc2c(O)c(C(=O)NCC(=O)O)c(=O)n(C)c2c1. The third kappa shape index (κ3) is 3.14. The van der Waals surface area contributed by atoms with Crippen LogP contribution in [0.2, 0.25) is 0 Å². The second-order valence-electron chi connectivity index (χ2n) is 4.81. The molecule has 0 radical (unpaired) electrons. The molecule has 0 aliphatic rings. The van der Waals surface area contributed by atoms with Gasteiger partial charge in [0.25, 0.3) is 11.5 Å². The standard InChI is InChI=1S/C14H15N3O6/c1-17-8-3-7(6-23-2)4-15-11(8)12(20)10(14(17)22)13(21)16-5-9(18)19/h3-4,20H,5-6H2,1-2H3,(H,16,21)(H,18,19). The molecule has 2 aromatic heterocycles. The molecule has 0 saturated heterocycles. The molecule has 122 valence electrons. The summed E-state index contributed by atoms with van der Waals surface area (Å²) in [5.41, 5.74) is -0.218. The van der Waals surface area contributed by atoms with Gasteiger partial charge in [-0.25, -0.2) is 0 Å². The number of methoxy groups -OCH3 is 1. The van der Waals surface area contributed by atoms with E-state index >= 15 is 0 Å². The maximum absolute atomic E-state index is 12.3. The molecule has 2 rings (SSSR count). The van der Waals surface area contributed by atoms with E-state index in [1.54, 1.807) is 6.07 Å². The largest absolute Gasteiger partial charge is 0.505 e. The number of carboxylic acid groups (broad SMARTS) is 1. The zero-order valence-electron chi connectivity index (χ0n) is 12.5. The summed E-state index contributed by atoms with van der Waals surface area (Å²) in [4.78, 5) is 38.8. The fraction of sp³-hybridized carbons (Fsp3) is 0.286. The number of pyridine rings is 2. The highest BCUT2D eigenvalue weighted by atomic mass is 16.5. The molecule has 2 aromatic rings. The number of fused-ring (bicyclic) bond motifs is 1. The van der Waals surface area contributed by atoms with Crippen LogP contribution in [0.5, 0.6) is 5.75 Å². The minimum absolute atomic E-state index is 0.0624. The lowest BCUT2D eigenvalue weighted by molar-refractivity contribution is -0.135. The Bertz CT molecular complexity index is 843. The fourth-order valence-electron chi connectivity index (χ4n) is 2.12. The molecule has 2 heterocycles. The van der Waals surface area contributed by atoms with Crippen molar-refractivity contribution < 1.29 is 24.5 Å². The molecule has 1 amide bonds. The van der Waals surface area contributed by atoms with Gasteiger partial charge >= 0.3 is 5.97 Å². The Hall–Kier alpha value is -2.94. The third-order valence-corrected chi connectivity index (χ3v) is 3.20. The fourth-order valence-corrected chi connectivity index (χ4v) is 2.12. The summed E-state index contributed by atoms with van der Waals surface area (Å²) in [5.74, 6) is -2.83. The van der Waals surface area contributed by atoms with Crippen LogP contribution < -0.4 is 10.9 Å². The molecular formula is C14H15N3O6. The Labute approximate surface area is 130 Å². The lowest BCUT2D eigenvalue weighted by Gasteiger charge is -2.11. The highest BCUT2D eigenvalue weighted by Crippen LogP contribution is 2.24. The number of nitrogens with zero attached hydrogens (tertiary/aromatic N) is 2. The molecule has 0 saturated carbocycles. The molecule has 23 heavy (non-hydrogen) atoms. The van der Waals surface area contributed by atoms with Gasteiger partial charge in [0.05, 0.1) is 12.1 Å². The highest BCUT2D eigenvalue weighted by molar-refractivity contribution is 6.02. The lowest BCUT2D eigenvalue weighted by Crippen LogP contribution is -2.35. The van der Waals surface area contributed by atoms with E-state index in [1.807, 2.05) is 5.32 Å². The summed E-state index contributed by atoms with van der Waals surface area (Å²) in [6.07, 6.45) is 1.45. The maximum atomic E-state index is 12.3. The van der Waals surface area contributed by atoms with Crippen LogP contribution in [0.15, 0.2) is 17.1 Å². The molecule has 0 unspecified atom stereocenters. The smallest absolute Gasteiger partial charge is 0.322 e. The first-order chi connectivity index (χ1) is 10.9. The Balaban J connectivity index is 2.60. The van der Waals surface area contributed by atoms with Gasteiger partial charge in [-0.1, -0.05) is 0 Å². The van der Waals surface area contributed by atoms with Gasteiger partial charge in [-0.05, 0) is 11.6 Å². The van der Waals surface area contributed by atoms with E-state index in [1.165, 1.54) is 20.4 Å². The predicted molar refractivity (Wildman–Crippen MR) is 79.3 cm³/mol. The van der Waals surface area contributed by atoms with Gasteiger partial charge in [0.15, 0.2) is 5.75 Å². The van der Waals surface area contributed by atoms with Gasteiger partial charge in [0.1, 0.15) is 17.6 Å². The number of aryl methyl sites for hydroxylation is 1. The van der Waals surface area contributed by atoms with Crippen LogP contribution in [0, 0.1) is 0 Å². The number of carboxylic acids is 1. The van der Waals surface area contributed by atoms with Crippen molar-refractivity contribution in [3.05, 3.63) is 33.7 Å². The lowest BCUT2D eigenvalue weighted by atomic mass is 10.1. The van der Waals surface area contributed by atoms with E-state index in [-0.39, 0.29) is 12.1 Å². The van der Waals surface area contributed by atoms with Crippen molar-refractivity contribution in [2.45, 2.75) is 6.61 Å². The summed E-state index contributed by atoms with van der Waals surface area (Å²) in [5, 5.41) is 20.8. The number of carbonyl (C=O) groups excluding carboxylic acids is 1. The Kier molecular flexibility index (Phi) is 4.60. The van der Waals surface area contributed by atoms with E-state index in [4.69, 9.17) is 9.84 Å². The molecule has 9 heteroatoms. The molecule has 0 aliphatic carbocycles. The molecule has 0 atom stereocenters. The summed E-state index contributed by atoms with van der Waals surface area (Å²) in [7, 11) is 2.94. The first kappa shape index (κ1) is 16.4. The van der Waals surface area contributed by atoms with Crippen LogP contribution in [0.4, 0.5) is 0 Å². The first-order valence-corrected chi connectivity index (χ1v) is 6.56. The van der Waals surface area contributed by atoms with E-state index < -0.39 is 35.3 Å². The molecule has 0 spiro atoms. The first-order valence-electron chi connectivity index (χ1n) is 6.56. The number of hydrogen-bond acceptors (Lipinski definition) is 6. The minimum atomic E-state index is -1.27. The average molecular weight is 321 g/mol. The third-order valence-electron chi connectivity index (χ3n) is 3.20. The number of aromatic hydroxyl groups is 1. The van der Waals surface area contributed by atoms with Crippen molar-refractivity contribution in [3.8, 4) is 5.75 Å². The monoisotopic (exact) mass is 321 g/mol. The summed E-state index contributed by atoms with van der Waals surface area (Å²) < 4.78 is 6.15. The number of rotatable bonds is 5.